The van der Waals surface area contributed by atoms with Crippen LogP contribution in [0.1, 0.15) is 6.92 Å². The zero-order chi connectivity index (χ0) is 5.86. The van der Waals surface area contributed by atoms with Gasteiger partial charge in [0.2, 0.25) is 0 Å². The lowest BCUT2D eigenvalue weighted by molar-refractivity contribution is -0.133. The lowest BCUT2D eigenvalue weighted by Crippen LogP contribution is -2.26. The highest BCUT2D eigenvalue weighted by Gasteiger charge is 2.05. The molecule has 0 rings (SSSR count). The third kappa shape index (κ3) is 4.83. The molecular weight excluding hydrogens is 186 g/mol. The van der Waals surface area contributed by atoms with Crippen molar-refractivity contribution in [3.05, 3.63) is 0 Å². The SMILES string of the molecule is C[C@H](N)C(=O)OBr.[MgH2]. The normalized spacial score (nSPS) is 11.4. The van der Waals surface area contributed by atoms with E-state index >= 15 is 0 Å². The van der Waals surface area contributed by atoms with Crippen LogP contribution in [0.25, 0.3) is 0 Å². The Bertz CT molecular complexity index is 77.7. The molecule has 46 valence electrons. The average molecular weight is 194 g/mol. The first-order chi connectivity index (χ1) is 3.18. The minimum Gasteiger partial charge on any atom is -0.382 e. The van der Waals surface area contributed by atoms with Crippen molar-refractivity contribution in [1.82, 2.24) is 0 Å². The monoisotopic (exact) mass is 193 g/mol. The fourth-order valence-electron chi connectivity index (χ4n) is 0.0703. The van der Waals surface area contributed by atoms with E-state index in [4.69, 9.17) is 5.73 Å². The van der Waals surface area contributed by atoms with Crippen LogP contribution in [0.2, 0.25) is 0 Å². The molecule has 0 aromatic carbocycles. The number of nitrogens with two attached hydrogens (primary N) is 1. The van der Waals surface area contributed by atoms with E-state index in [1.54, 1.807) is 6.92 Å². The summed E-state index contributed by atoms with van der Waals surface area (Å²) in [5.74, 6) is -0.458. The highest BCUT2D eigenvalue weighted by atomic mass is 79.9. The van der Waals surface area contributed by atoms with Crippen LogP contribution < -0.4 is 5.73 Å². The van der Waals surface area contributed by atoms with Crippen molar-refractivity contribution in [2.75, 3.05) is 0 Å². The Morgan fingerprint density at radius 3 is 2.25 bits per heavy atom. The fraction of sp³-hybridized carbons (Fsp3) is 0.667. The van der Waals surface area contributed by atoms with Gasteiger partial charge in [-0.25, -0.2) is 4.79 Å². The molecule has 0 aromatic rings. The Morgan fingerprint density at radius 1 is 1.88 bits per heavy atom. The molecule has 2 N–H and O–H groups in total. The van der Waals surface area contributed by atoms with Gasteiger partial charge in [0.05, 0.1) is 0 Å². The molecule has 0 fully saturated rings. The number of carbonyl (C=O) groups excluding carboxylic acids is 1. The summed E-state index contributed by atoms with van der Waals surface area (Å²) in [5.41, 5.74) is 5.04. The molecule has 8 heavy (non-hydrogen) atoms. The first-order valence-corrected chi connectivity index (χ1v) is 2.41. The molecular formula is C3H8BrMgNO2. The third-order valence-electron chi connectivity index (χ3n) is 0.448. The van der Waals surface area contributed by atoms with E-state index in [-0.39, 0.29) is 23.1 Å². The van der Waals surface area contributed by atoms with E-state index in [1.807, 2.05) is 0 Å². The lowest BCUT2D eigenvalue weighted by Gasteiger charge is -1.95. The van der Waals surface area contributed by atoms with Gasteiger partial charge < -0.3 is 9.56 Å². The smallest absolute Gasteiger partial charge is 0.334 e. The van der Waals surface area contributed by atoms with E-state index in [9.17, 15) is 4.79 Å². The highest BCUT2D eigenvalue weighted by molar-refractivity contribution is 9.06. The molecule has 0 aliphatic carbocycles. The zero-order valence-corrected chi connectivity index (χ0v) is 5.44. The van der Waals surface area contributed by atoms with E-state index in [2.05, 4.69) is 20.1 Å². The van der Waals surface area contributed by atoms with Gasteiger partial charge in [0, 0.05) is 0 Å². The third-order valence-corrected chi connectivity index (χ3v) is 0.767. The van der Waals surface area contributed by atoms with Crippen molar-refractivity contribution >= 4 is 45.3 Å². The Hall–Kier alpha value is 0.676. The minimum atomic E-state index is -0.542. The molecule has 0 aliphatic heterocycles. The van der Waals surface area contributed by atoms with Crippen LogP contribution in [0.15, 0.2) is 0 Å². The topological polar surface area (TPSA) is 52.3 Å². The summed E-state index contributed by atoms with van der Waals surface area (Å²) < 4.78 is 4.06. The molecule has 0 unspecified atom stereocenters. The fourth-order valence-corrected chi connectivity index (χ4v) is 0.365. The van der Waals surface area contributed by atoms with Gasteiger partial charge >= 0.3 is 29.0 Å². The second kappa shape index (κ2) is 5.81. The second-order valence-electron chi connectivity index (χ2n) is 1.18. The Balaban J connectivity index is 0. The van der Waals surface area contributed by atoms with Crippen molar-refractivity contribution in [2.45, 2.75) is 13.0 Å². The maximum absolute atomic E-state index is 10.1. The molecule has 3 nitrogen and oxygen atoms in total. The van der Waals surface area contributed by atoms with E-state index < -0.39 is 12.0 Å². The van der Waals surface area contributed by atoms with Gasteiger partial charge in [-0.3, -0.25) is 0 Å². The van der Waals surface area contributed by atoms with E-state index in [1.165, 1.54) is 0 Å². The maximum atomic E-state index is 10.1. The van der Waals surface area contributed by atoms with Crippen LogP contribution in [0.3, 0.4) is 0 Å². The summed E-state index contributed by atoms with van der Waals surface area (Å²) in [6, 6.07) is -0.542. The van der Waals surface area contributed by atoms with Gasteiger partial charge in [0.15, 0.2) is 16.3 Å². The summed E-state index contributed by atoms with van der Waals surface area (Å²) in [7, 11) is 0. The Kier molecular flexibility index (Phi) is 8.33. The van der Waals surface area contributed by atoms with E-state index in [0.717, 1.165) is 0 Å². The first kappa shape index (κ1) is 11.5. The molecule has 1 atom stereocenters. The zero-order valence-electron chi connectivity index (χ0n) is 3.85. The molecule has 0 saturated heterocycles. The molecule has 0 amide bonds. The lowest BCUT2D eigenvalue weighted by atomic mass is 10.4. The van der Waals surface area contributed by atoms with Crippen LogP contribution in [0.4, 0.5) is 0 Å². The summed E-state index contributed by atoms with van der Waals surface area (Å²) >= 11 is 2.49. The summed E-state index contributed by atoms with van der Waals surface area (Å²) in [4.78, 5) is 10.1. The second-order valence-corrected chi connectivity index (χ2v) is 1.51. The summed E-state index contributed by atoms with van der Waals surface area (Å²) in [6.45, 7) is 1.55. The minimum absolute atomic E-state index is 0. The maximum Gasteiger partial charge on any atom is 0.334 e. The largest absolute Gasteiger partial charge is 0.382 e. The number of rotatable bonds is 1. The summed E-state index contributed by atoms with van der Waals surface area (Å²) in [6.07, 6.45) is 0. The summed E-state index contributed by atoms with van der Waals surface area (Å²) in [5, 5.41) is 0. The van der Waals surface area contributed by atoms with Crippen LogP contribution in [-0.2, 0) is 8.62 Å². The predicted molar refractivity (Wildman–Crippen MR) is 37.2 cm³/mol. The molecule has 0 heterocycles. The first-order valence-electron chi connectivity index (χ1n) is 1.76. The molecule has 5 heteroatoms. The Morgan fingerprint density at radius 2 is 2.25 bits per heavy atom. The van der Waals surface area contributed by atoms with Crippen molar-refractivity contribution in [1.29, 1.82) is 0 Å². The van der Waals surface area contributed by atoms with Crippen molar-refractivity contribution in [3.8, 4) is 0 Å². The molecule has 0 radical (unpaired) electrons. The van der Waals surface area contributed by atoms with Crippen LogP contribution in [0.5, 0.6) is 0 Å². The molecule has 0 aromatic heterocycles. The van der Waals surface area contributed by atoms with Crippen molar-refractivity contribution in [3.63, 3.8) is 0 Å². The molecule has 0 aliphatic rings. The van der Waals surface area contributed by atoms with Gasteiger partial charge in [-0.2, -0.15) is 0 Å². The highest BCUT2D eigenvalue weighted by Crippen LogP contribution is 1.87. The molecule has 0 saturated carbocycles. The van der Waals surface area contributed by atoms with Crippen LogP contribution in [0, 0.1) is 0 Å². The van der Waals surface area contributed by atoms with E-state index in [0.29, 0.717) is 0 Å². The van der Waals surface area contributed by atoms with Crippen LogP contribution in [-0.4, -0.2) is 35.1 Å². The number of hydrogen-bond donors (Lipinski definition) is 1. The average Bonchev–Trinajstić information content (AvgIpc) is 1.65. The molecule has 0 spiro atoms. The van der Waals surface area contributed by atoms with Gasteiger partial charge in [-0.1, -0.05) is 0 Å². The Labute approximate surface area is 72.5 Å². The van der Waals surface area contributed by atoms with Gasteiger partial charge in [-0.15, -0.1) is 0 Å². The van der Waals surface area contributed by atoms with Gasteiger partial charge in [0.25, 0.3) is 0 Å². The number of hydrogen-bond acceptors (Lipinski definition) is 3. The number of halogens is 1. The standard InChI is InChI=1S/C3H6BrNO2.Mg.2H/c1-2(5)3(6)7-4;;;/h2H,5H2,1H3;;;/t2-;;;/m0.../s1. The molecule has 0 bridgehead atoms. The van der Waals surface area contributed by atoms with Gasteiger partial charge in [-0.05, 0) is 6.92 Å². The van der Waals surface area contributed by atoms with Crippen molar-refractivity contribution in [2.24, 2.45) is 5.73 Å². The van der Waals surface area contributed by atoms with Crippen molar-refractivity contribution < 1.29 is 8.62 Å². The van der Waals surface area contributed by atoms with Gasteiger partial charge in [0.1, 0.15) is 6.04 Å². The number of carbonyl (C=O) groups is 1. The van der Waals surface area contributed by atoms with Crippen LogP contribution >= 0.6 is 16.3 Å². The predicted octanol–water partition coefficient (Wildman–Crippen LogP) is -0.730. The quantitative estimate of drug-likeness (QED) is 0.560.